The average molecular weight is 197 g/mol. The largest absolute Gasteiger partial charge is 1.00 e. The normalized spacial score (nSPS) is 17.2. The Morgan fingerprint density at radius 2 is 1.90 bits per heavy atom. The van der Waals surface area contributed by atoms with E-state index in [9.17, 15) is 13.0 Å². The molecule has 0 fully saturated rings. The van der Waals surface area contributed by atoms with Gasteiger partial charge in [-0.05, 0) is 6.92 Å². The molecule has 0 spiro atoms. The van der Waals surface area contributed by atoms with Gasteiger partial charge in [-0.1, -0.05) is 0 Å². The molecule has 2 atom stereocenters. The Kier molecular flexibility index (Phi) is 6.76. The van der Waals surface area contributed by atoms with Gasteiger partial charge in [-0.15, -0.1) is 11.6 Å². The maximum Gasteiger partial charge on any atom is 1.00 e. The molecule has 0 bridgehead atoms. The first-order valence-electron chi connectivity index (χ1n) is 2.12. The molecular weight excluding hydrogens is 191 g/mol. The van der Waals surface area contributed by atoms with Gasteiger partial charge in [0.2, 0.25) is 0 Å². The van der Waals surface area contributed by atoms with Crippen LogP contribution in [-0.2, 0) is 10.1 Å². The van der Waals surface area contributed by atoms with E-state index in [0.29, 0.717) is 0 Å². The number of halogens is 1. The molecule has 2 unspecified atom stereocenters. The van der Waals surface area contributed by atoms with Crippen LogP contribution in [0.3, 0.4) is 0 Å². The fraction of sp³-hybridized carbons (Fsp3) is 1.00. The summed E-state index contributed by atoms with van der Waals surface area (Å²) in [4.78, 5) is 0. The van der Waals surface area contributed by atoms with E-state index in [1.54, 1.807) is 0 Å². The fourth-order valence-corrected chi connectivity index (χ4v) is 0.724. The third-order valence-electron chi connectivity index (χ3n) is 0.655. The van der Waals surface area contributed by atoms with Gasteiger partial charge in [-0.2, -0.15) is 0 Å². The maximum absolute atomic E-state index is 9.93. The van der Waals surface area contributed by atoms with E-state index in [0.717, 1.165) is 6.92 Å². The van der Waals surface area contributed by atoms with Gasteiger partial charge in [0, 0.05) is 0 Å². The van der Waals surface area contributed by atoms with Crippen LogP contribution >= 0.6 is 11.6 Å². The van der Waals surface area contributed by atoms with Gasteiger partial charge in [0.25, 0.3) is 0 Å². The number of rotatable bonds is 2. The topological polar surface area (TPSA) is 77.4 Å². The zero-order valence-electron chi connectivity index (χ0n) is 5.61. The van der Waals surface area contributed by atoms with Crippen LogP contribution in [0.2, 0.25) is 0 Å². The van der Waals surface area contributed by atoms with Gasteiger partial charge in [0.15, 0.2) is 0 Å². The van der Waals surface area contributed by atoms with E-state index in [4.69, 9.17) is 16.7 Å². The Morgan fingerprint density at radius 3 is 1.90 bits per heavy atom. The smallest absolute Gasteiger partial charge is 0.747 e. The first-order chi connectivity index (χ1) is 3.85. The molecule has 0 aromatic carbocycles. The standard InChI is InChI=1S/C3H7ClO4S.Na/c1-2(5)3(4)9(6,7)8;/h2-3,5H,1H3,(H,6,7,8);/q;+1/p-1. The summed E-state index contributed by atoms with van der Waals surface area (Å²) in [6, 6.07) is 0. The van der Waals surface area contributed by atoms with Crippen LogP contribution in [0.25, 0.3) is 0 Å². The van der Waals surface area contributed by atoms with Gasteiger partial charge in [0.1, 0.15) is 14.8 Å². The van der Waals surface area contributed by atoms with Crippen molar-refractivity contribution in [1.82, 2.24) is 0 Å². The molecule has 10 heavy (non-hydrogen) atoms. The van der Waals surface area contributed by atoms with E-state index >= 15 is 0 Å². The van der Waals surface area contributed by atoms with Crippen molar-refractivity contribution in [3.05, 3.63) is 0 Å². The van der Waals surface area contributed by atoms with Crippen molar-refractivity contribution >= 4 is 21.7 Å². The molecule has 0 aliphatic rings. The number of aliphatic hydroxyl groups excluding tert-OH is 1. The minimum atomic E-state index is -4.54. The summed E-state index contributed by atoms with van der Waals surface area (Å²) in [6.45, 7) is 1.13. The molecule has 0 amide bonds. The maximum atomic E-state index is 9.93. The summed E-state index contributed by atoms with van der Waals surface area (Å²) >= 11 is 4.94. The number of hydrogen-bond acceptors (Lipinski definition) is 4. The molecule has 0 radical (unpaired) electrons. The van der Waals surface area contributed by atoms with Crippen molar-refractivity contribution in [3.63, 3.8) is 0 Å². The molecule has 0 saturated carbocycles. The van der Waals surface area contributed by atoms with Crippen molar-refractivity contribution in [2.75, 3.05) is 0 Å². The molecule has 4 nitrogen and oxygen atoms in total. The number of alkyl halides is 1. The van der Waals surface area contributed by atoms with Crippen LogP contribution in [0.4, 0.5) is 0 Å². The second-order valence-electron chi connectivity index (χ2n) is 1.58. The number of aliphatic hydroxyl groups is 1. The molecular formula is C3H6ClNaO4S. The second kappa shape index (κ2) is 4.92. The minimum absolute atomic E-state index is 0. The summed E-state index contributed by atoms with van der Waals surface area (Å²) in [5.41, 5.74) is 0. The summed E-state index contributed by atoms with van der Waals surface area (Å²) < 4.78 is 28.0. The van der Waals surface area contributed by atoms with E-state index in [1.807, 2.05) is 0 Å². The molecule has 0 rings (SSSR count). The van der Waals surface area contributed by atoms with Crippen LogP contribution in [0.15, 0.2) is 0 Å². The third kappa shape index (κ3) is 4.90. The summed E-state index contributed by atoms with van der Waals surface area (Å²) in [6.07, 6.45) is -1.32. The van der Waals surface area contributed by atoms with Crippen LogP contribution in [-0.4, -0.2) is 28.9 Å². The van der Waals surface area contributed by atoms with E-state index < -0.39 is 20.9 Å². The van der Waals surface area contributed by atoms with Gasteiger partial charge in [-0.25, -0.2) is 8.42 Å². The average Bonchev–Trinajstić information content (AvgIpc) is 1.62. The predicted octanol–water partition coefficient (Wildman–Crippen LogP) is -3.52. The zero-order valence-corrected chi connectivity index (χ0v) is 9.19. The quantitative estimate of drug-likeness (QED) is 0.282. The van der Waals surface area contributed by atoms with E-state index in [2.05, 4.69) is 0 Å². The molecule has 1 N–H and O–H groups in total. The second-order valence-corrected chi connectivity index (χ2v) is 3.81. The molecule has 0 heterocycles. The Bertz CT molecular complexity index is 177. The SMILES string of the molecule is CC(O)C(Cl)S(=O)(=O)[O-].[Na+]. The van der Waals surface area contributed by atoms with Crippen molar-refractivity contribution < 1.29 is 47.6 Å². The molecule has 0 aliphatic heterocycles. The van der Waals surface area contributed by atoms with Gasteiger partial charge in [-0.3, -0.25) is 0 Å². The van der Waals surface area contributed by atoms with E-state index in [-0.39, 0.29) is 29.6 Å². The Labute approximate surface area is 86.6 Å². The first-order valence-corrected chi connectivity index (χ1v) is 4.03. The minimum Gasteiger partial charge on any atom is -0.747 e. The van der Waals surface area contributed by atoms with Gasteiger partial charge < -0.3 is 9.66 Å². The van der Waals surface area contributed by atoms with E-state index in [1.165, 1.54) is 0 Å². The summed E-state index contributed by atoms with van der Waals surface area (Å²) in [5.74, 6) is 0. The van der Waals surface area contributed by atoms with Crippen LogP contribution in [0.5, 0.6) is 0 Å². The van der Waals surface area contributed by atoms with Crippen molar-refractivity contribution in [2.24, 2.45) is 0 Å². The summed E-state index contributed by atoms with van der Waals surface area (Å²) in [7, 11) is -4.54. The van der Waals surface area contributed by atoms with Gasteiger partial charge >= 0.3 is 29.6 Å². The molecule has 0 aromatic rings. The molecule has 0 aliphatic carbocycles. The molecule has 0 saturated heterocycles. The Hall–Kier alpha value is 1.16. The third-order valence-corrected chi connectivity index (χ3v) is 2.62. The molecule has 56 valence electrons. The van der Waals surface area contributed by atoms with Crippen molar-refractivity contribution in [1.29, 1.82) is 0 Å². The van der Waals surface area contributed by atoms with Gasteiger partial charge in [0.05, 0.1) is 6.10 Å². The Balaban J connectivity index is 0. The fourth-order valence-electron chi connectivity index (χ4n) is 0.241. The van der Waals surface area contributed by atoms with Crippen LogP contribution in [0.1, 0.15) is 6.92 Å². The number of hydrogen-bond donors (Lipinski definition) is 1. The molecule has 7 heteroatoms. The van der Waals surface area contributed by atoms with Crippen LogP contribution in [0, 0.1) is 0 Å². The molecule has 0 aromatic heterocycles. The van der Waals surface area contributed by atoms with Crippen LogP contribution < -0.4 is 29.6 Å². The monoisotopic (exact) mass is 196 g/mol. The van der Waals surface area contributed by atoms with Crippen molar-refractivity contribution in [2.45, 2.75) is 17.7 Å². The zero-order chi connectivity index (χ0) is 7.65. The predicted molar refractivity (Wildman–Crippen MR) is 31.0 cm³/mol. The summed E-state index contributed by atoms with van der Waals surface area (Å²) in [5, 5.41) is 8.45. The first kappa shape index (κ1) is 13.7. The van der Waals surface area contributed by atoms with Crippen molar-refractivity contribution in [3.8, 4) is 0 Å². The Morgan fingerprint density at radius 1 is 1.60 bits per heavy atom.